The van der Waals surface area contributed by atoms with E-state index in [1.165, 1.54) is 24.0 Å². The molecule has 2 aliphatic rings. The van der Waals surface area contributed by atoms with Crippen LogP contribution in [0.1, 0.15) is 32.7 Å². The predicted octanol–water partition coefficient (Wildman–Crippen LogP) is 3.26. The molecule has 0 saturated heterocycles. The molecule has 26 heavy (non-hydrogen) atoms. The highest BCUT2D eigenvalue weighted by Gasteiger charge is 2.35. The van der Waals surface area contributed by atoms with Crippen LogP contribution in [0.2, 0.25) is 0 Å². The van der Waals surface area contributed by atoms with E-state index in [4.69, 9.17) is 0 Å². The molecule has 0 radical (unpaired) electrons. The molecule has 0 spiro atoms. The summed E-state index contributed by atoms with van der Waals surface area (Å²) >= 11 is 0. The molecular weight excluding hydrogens is 339 g/mol. The van der Waals surface area contributed by atoms with Crippen LogP contribution in [0.15, 0.2) is 24.5 Å². The van der Waals surface area contributed by atoms with E-state index in [0.29, 0.717) is 17.3 Å². The van der Waals surface area contributed by atoms with E-state index in [1.807, 2.05) is 4.68 Å². The minimum absolute atomic E-state index is 0.133. The maximum Gasteiger partial charge on any atom is 0.411 e. The molecule has 2 aromatic rings. The molecule has 1 unspecified atom stereocenters. The zero-order valence-corrected chi connectivity index (χ0v) is 14.5. The lowest BCUT2D eigenvalue weighted by atomic mass is 10.0. The Bertz CT molecular complexity index is 906. The van der Waals surface area contributed by atoms with Crippen molar-refractivity contribution >= 4 is 23.4 Å². The van der Waals surface area contributed by atoms with Crippen LogP contribution < -0.4 is 9.80 Å². The van der Waals surface area contributed by atoms with E-state index in [9.17, 15) is 19.1 Å². The van der Waals surface area contributed by atoms with E-state index < -0.39 is 11.9 Å². The van der Waals surface area contributed by atoms with E-state index in [-0.39, 0.29) is 29.7 Å². The molecule has 2 heterocycles. The summed E-state index contributed by atoms with van der Waals surface area (Å²) < 4.78 is 16.7. The molecular formula is C18H19FN4O3. The van der Waals surface area contributed by atoms with Gasteiger partial charge in [-0.1, -0.05) is 0 Å². The van der Waals surface area contributed by atoms with Gasteiger partial charge in [0.1, 0.15) is 5.82 Å². The quantitative estimate of drug-likeness (QED) is 0.894. The number of hydrogen-bond donors (Lipinski definition) is 1. The molecule has 0 bridgehead atoms. The number of fused-ring (bicyclic) bond motifs is 1. The van der Waals surface area contributed by atoms with Crippen molar-refractivity contribution in [2.75, 3.05) is 16.3 Å². The highest BCUT2D eigenvalue weighted by atomic mass is 19.1. The lowest BCUT2D eigenvalue weighted by Crippen LogP contribution is -2.51. The number of hydrogen-bond acceptors (Lipinski definition) is 3. The van der Waals surface area contributed by atoms with E-state index in [2.05, 4.69) is 5.10 Å². The summed E-state index contributed by atoms with van der Waals surface area (Å²) in [5.41, 5.74) is 1.45. The molecule has 1 atom stereocenters. The second-order valence-corrected chi connectivity index (χ2v) is 6.89. The molecule has 8 heteroatoms. The first-order chi connectivity index (χ1) is 12.4. The minimum atomic E-state index is -1.13. The van der Waals surface area contributed by atoms with E-state index >= 15 is 0 Å². The maximum absolute atomic E-state index is 14.8. The number of nitrogens with zero attached hydrogens (tertiary/aromatic N) is 4. The maximum atomic E-state index is 14.8. The van der Waals surface area contributed by atoms with Crippen molar-refractivity contribution in [3.8, 4) is 11.1 Å². The Morgan fingerprint density at radius 2 is 2.00 bits per heavy atom. The lowest BCUT2D eigenvalue weighted by molar-refractivity contribution is -0.117. The molecule has 1 aliphatic heterocycles. The second kappa shape index (κ2) is 5.82. The first-order valence-corrected chi connectivity index (χ1v) is 8.55. The molecule has 1 aliphatic carbocycles. The SMILES string of the molecule is CC(=O)N1c2cc(F)c(-c3cnn(C4CC4)c3)cc2N(C(=O)O)CC1C. The van der Waals surface area contributed by atoms with Crippen LogP contribution in [0.5, 0.6) is 0 Å². The van der Waals surface area contributed by atoms with Gasteiger partial charge >= 0.3 is 6.09 Å². The summed E-state index contributed by atoms with van der Waals surface area (Å²) in [5, 5.41) is 13.8. The Hall–Kier alpha value is -2.90. The summed E-state index contributed by atoms with van der Waals surface area (Å²) in [4.78, 5) is 26.3. The summed E-state index contributed by atoms with van der Waals surface area (Å²) in [7, 11) is 0. The molecule has 2 amide bonds. The van der Waals surface area contributed by atoms with Gasteiger partial charge in [-0.25, -0.2) is 9.18 Å². The van der Waals surface area contributed by atoms with Crippen LogP contribution in [-0.4, -0.2) is 39.5 Å². The van der Waals surface area contributed by atoms with Crippen molar-refractivity contribution in [2.45, 2.75) is 38.8 Å². The third kappa shape index (κ3) is 2.61. The Morgan fingerprint density at radius 1 is 1.27 bits per heavy atom. The van der Waals surface area contributed by atoms with Gasteiger partial charge in [-0.15, -0.1) is 0 Å². The fraction of sp³-hybridized carbons (Fsp3) is 0.389. The lowest BCUT2D eigenvalue weighted by Gasteiger charge is -2.39. The molecule has 1 fully saturated rings. The van der Waals surface area contributed by atoms with Crippen molar-refractivity contribution in [2.24, 2.45) is 0 Å². The first kappa shape index (κ1) is 16.6. The average Bonchev–Trinajstić information content (AvgIpc) is 3.30. The third-order valence-electron chi connectivity index (χ3n) is 4.91. The zero-order valence-electron chi connectivity index (χ0n) is 14.5. The van der Waals surface area contributed by atoms with Gasteiger partial charge in [0.2, 0.25) is 5.91 Å². The van der Waals surface area contributed by atoms with Gasteiger partial charge in [-0.2, -0.15) is 5.10 Å². The molecule has 7 nitrogen and oxygen atoms in total. The van der Waals surface area contributed by atoms with Crippen LogP contribution in [-0.2, 0) is 4.79 Å². The zero-order chi connectivity index (χ0) is 18.6. The predicted molar refractivity (Wildman–Crippen MR) is 93.9 cm³/mol. The van der Waals surface area contributed by atoms with Gasteiger partial charge in [0.05, 0.1) is 29.7 Å². The molecule has 4 rings (SSSR count). The summed E-state index contributed by atoms with van der Waals surface area (Å²) in [5.74, 6) is -0.762. The Balaban J connectivity index is 1.84. The third-order valence-corrected chi connectivity index (χ3v) is 4.91. The number of rotatable bonds is 2. The van der Waals surface area contributed by atoms with Crippen molar-refractivity contribution in [3.05, 3.63) is 30.3 Å². The standard InChI is InChI=1S/C18H19FN4O3/c1-10-8-21(18(25)26)16-5-14(12-7-20-22(9-12)13-3-4-13)15(19)6-17(16)23(10)11(2)24/h5-7,9-10,13H,3-4,8H2,1-2H3,(H,25,26). The van der Waals surface area contributed by atoms with Crippen molar-refractivity contribution in [1.29, 1.82) is 0 Å². The van der Waals surface area contributed by atoms with Gasteiger partial charge < -0.3 is 10.0 Å². The number of amides is 2. The topological polar surface area (TPSA) is 78.7 Å². The molecule has 1 aromatic heterocycles. The van der Waals surface area contributed by atoms with E-state index in [1.54, 1.807) is 19.3 Å². The van der Waals surface area contributed by atoms with Gasteiger partial charge in [0.15, 0.2) is 0 Å². The molecule has 1 saturated carbocycles. The molecule has 1 aromatic carbocycles. The summed E-state index contributed by atoms with van der Waals surface area (Å²) in [6.07, 6.45) is 4.36. The highest BCUT2D eigenvalue weighted by Crippen LogP contribution is 2.41. The average molecular weight is 358 g/mol. The van der Waals surface area contributed by atoms with Crippen LogP contribution in [0.3, 0.4) is 0 Å². The van der Waals surface area contributed by atoms with Crippen LogP contribution in [0, 0.1) is 5.82 Å². The van der Waals surface area contributed by atoms with Gasteiger partial charge in [0, 0.05) is 36.9 Å². The Kier molecular flexibility index (Phi) is 3.71. The normalized spacial score (nSPS) is 19.4. The van der Waals surface area contributed by atoms with Crippen molar-refractivity contribution in [1.82, 2.24) is 9.78 Å². The smallest absolute Gasteiger partial charge is 0.411 e. The molecule has 136 valence electrons. The first-order valence-electron chi connectivity index (χ1n) is 8.55. The Labute approximate surface area is 149 Å². The van der Waals surface area contributed by atoms with Gasteiger partial charge in [0.25, 0.3) is 0 Å². The summed E-state index contributed by atoms with van der Waals surface area (Å²) in [6.45, 7) is 3.27. The number of carboxylic acid groups (broad SMARTS) is 1. The van der Waals surface area contributed by atoms with Crippen LogP contribution in [0.25, 0.3) is 11.1 Å². The second-order valence-electron chi connectivity index (χ2n) is 6.89. The number of aromatic nitrogens is 2. The molecule has 1 N–H and O–H groups in total. The van der Waals surface area contributed by atoms with Crippen molar-refractivity contribution < 1.29 is 19.1 Å². The van der Waals surface area contributed by atoms with E-state index in [0.717, 1.165) is 17.7 Å². The van der Waals surface area contributed by atoms with Gasteiger partial charge in [-0.05, 0) is 25.8 Å². The highest BCUT2D eigenvalue weighted by molar-refractivity contribution is 6.02. The van der Waals surface area contributed by atoms with Gasteiger partial charge in [-0.3, -0.25) is 14.4 Å². The number of carbonyl (C=O) groups excluding carboxylic acids is 1. The Morgan fingerprint density at radius 3 is 2.62 bits per heavy atom. The fourth-order valence-electron chi connectivity index (χ4n) is 3.54. The largest absolute Gasteiger partial charge is 0.465 e. The fourth-order valence-corrected chi connectivity index (χ4v) is 3.54. The minimum Gasteiger partial charge on any atom is -0.465 e. The van der Waals surface area contributed by atoms with Crippen molar-refractivity contribution in [3.63, 3.8) is 0 Å². The number of benzene rings is 1. The number of halogens is 1. The van der Waals surface area contributed by atoms with Crippen LogP contribution in [0.4, 0.5) is 20.6 Å². The monoisotopic (exact) mass is 358 g/mol. The number of anilines is 2. The van der Waals surface area contributed by atoms with Crippen LogP contribution >= 0.6 is 0 Å². The summed E-state index contributed by atoms with van der Waals surface area (Å²) in [6, 6.07) is 2.73. The number of carbonyl (C=O) groups is 2.